The van der Waals surface area contributed by atoms with Crippen LogP contribution in [0.5, 0.6) is 11.5 Å². The highest BCUT2D eigenvalue weighted by Crippen LogP contribution is 2.32. The number of carboxylic acid groups (broad SMARTS) is 1. The van der Waals surface area contributed by atoms with Crippen LogP contribution in [0.15, 0.2) is 30.3 Å². The molecule has 2 aromatic rings. The molecule has 0 bridgehead atoms. The molecule has 0 fully saturated rings. The van der Waals surface area contributed by atoms with Gasteiger partial charge in [-0.1, -0.05) is 12.1 Å². The molecule has 2 aromatic carbocycles. The summed E-state index contributed by atoms with van der Waals surface area (Å²) < 4.78 is 5.86. The predicted molar refractivity (Wildman–Crippen MR) is 78.5 cm³/mol. The summed E-state index contributed by atoms with van der Waals surface area (Å²) in [5.41, 5.74) is 9.22. The number of anilines is 1. The summed E-state index contributed by atoms with van der Waals surface area (Å²) >= 11 is 0. The molecular weight excluding hydrogens is 254 g/mol. The zero-order valence-electron chi connectivity index (χ0n) is 11.7. The monoisotopic (exact) mass is 271 g/mol. The van der Waals surface area contributed by atoms with E-state index in [0.29, 0.717) is 5.75 Å². The summed E-state index contributed by atoms with van der Waals surface area (Å²) in [5, 5.41) is 8.95. The molecule has 0 saturated heterocycles. The number of rotatable bonds is 3. The van der Waals surface area contributed by atoms with Gasteiger partial charge in [0, 0.05) is 11.8 Å². The lowest BCUT2D eigenvalue weighted by Crippen LogP contribution is -2.02. The molecule has 2 rings (SSSR count). The van der Waals surface area contributed by atoms with Crippen molar-refractivity contribution in [1.29, 1.82) is 0 Å². The zero-order valence-corrected chi connectivity index (χ0v) is 11.7. The molecule has 4 heteroatoms. The summed E-state index contributed by atoms with van der Waals surface area (Å²) in [6.45, 7) is 5.98. The third-order valence-electron chi connectivity index (χ3n) is 3.35. The molecule has 0 unspecified atom stereocenters. The van der Waals surface area contributed by atoms with Gasteiger partial charge in [0.25, 0.3) is 0 Å². The largest absolute Gasteiger partial charge is 0.478 e. The van der Waals surface area contributed by atoms with E-state index in [1.165, 1.54) is 12.1 Å². The van der Waals surface area contributed by atoms with Crippen molar-refractivity contribution in [3.8, 4) is 11.5 Å². The van der Waals surface area contributed by atoms with E-state index in [4.69, 9.17) is 15.6 Å². The molecule has 0 amide bonds. The lowest BCUT2D eigenvalue weighted by molar-refractivity contribution is 0.0698. The molecule has 4 nitrogen and oxygen atoms in total. The highest BCUT2D eigenvalue weighted by Gasteiger charge is 2.11. The Morgan fingerprint density at radius 3 is 2.35 bits per heavy atom. The molecule has 0 aliphatic rings. The van der Waals surface area contributed by atoms with Crippen molar-refractivity contribution in [2.75, 3.05) is 5.73 Å². The van der Waals surface area contributed by atoms with Gasteiger partial charge >= 0.3 is 5.97 Å². The molecule has 0 heterocycles. The molecule has 0 saturated carbocycles. The van der Waals surface area contributed by atoms with Crippen LogP contribution in [0, 0.1) is 20.8 Å². The molecular formula is C16H17NO3. The first-order valence-corrected chi connectivity index (χ1v) is 6.27. The number of carbonyl (C=O) groups is 1. The standard InChI is InChI=1S/C16H17NO3/c1-9-4-5-10(2)15(11(9)3)20-12-6-7-13(16(18)19)14(17)8-12/h4-8H,17H2,1-3H3,(H,18,19). The first kappa shape index (κ1) is 13.9. The van der Waals surface area contributed by atoms with Gasteiger partial charge < -0.3 is 15.6 Å². The van der Waals surface area contributed by atoms with Crippen molar-refractivity contribution in [2.24, 2.45) is 0 Å². The minimum absolute atomic E-state index is 0.0787. The van der Waals surface area contributed by atoms with Gasteiger partial charge in [-0.2, -0.15) is 0 Å². The van der Waals surface area contributed by atoms with Gasteiger partial charge in [-0.25, -0.2) is 4.79 Å². The van der Waals surface area contributed by atoms with Crippen LogP contribution in [0.1, 0.15) is 27.0 Å². The fraction of sp³-hybridized carbons (Fsp3) is 0.188. The summed E-state index contributed by atoms with van der Waals surface area (Å²) in [4.78, 5) is 10.9. The SMILES string of the molecule is Cc1ccc(C)c(Oc2ccc(C(=O)O)c(N)c2)c1C. The van der Waals surface area contributed by atoms with Crippen molar-refractivity contribution in [1.82, 2.24) is 0 Å². The number of hydrogen-bond donors (Lipinski definition) is 2. The van der Waals surface area contributed by atoms with Gasteiger partial charge in [0.05, 0.1) is 5.56 Å². The van der Waals surface area contributed by atoms with Gasteiger partial charge in [-0.15, -0.1) is 0 Å². The third kappa shape index (κ3) is 2.59. The van der Waals surface area contributed by atoms with Gasteiger partial charge in [0.2, 0.25) is 0 Å². The maximum absolute atomic E-state index is 10.9. The topological polar surface area (TPSA) is 72.5 Å². The number of hydrogen-bond acceptors (Lipinski definition) is 3. The molecule has 0 radical (unpaired) electrons. The van der Waals surface area contributed by atoms with Crippen LogP contribution < -0.4 is 10.5 Å². The number of aryl methyl sites for hydroxylation is 2. The summed E-state index contributed by atoms with van der Waals surface area (Å²) in [6.07, 6.45) is 0. The molecule has 3 N–H and O–H groups in total. The first-order chi connectivity index (χ1) is 9.40. The summed E-state index contributed by atoms with van der Waals surface area (Å²) in [6, 6.07) is 8.63. The number of nitrogen functional groups attached to an aromatic ring is 1. The Bertz CT molecular complexity index is 678. The van der Waals surface area contributed by atoms with Gasteiger partial charge in [-0.3, -0.25) is 0 Å². The van der Waals surface area contributed by atoms with Crippen LogP contribution in [-0.2, 0) is 0 Å². The number of ether oxygens (including phenoxy) is 1. The third-order valence-corrected chi connectivity index (χ3v) is 3.35. The molecule has 20 heavy (non-hydrogen) atoms. The maximum Gasteiger partial charge on any atom is 0.337 e. The Kier molecular flexibility index (Phi) is 3.66. The van der Waals surface area contributed by atoms with E-state index < -0.39 is 5.97 Å². The van der Waals surface area contributed by atoms with Gasteiger partial charge in [0.1, 0.15) is 11.5 Å². The minimum atomic E-state index is -1.04. The number of aromatic carboxylic acids is 1. The smallest absolute Gasteiger partial charge is 0.337 e. The average Bonchev–Trinajstić information content (AvgIpc) is 2.39. The average molecular weight is 271 g/mol. The van der Waals surface area contributed by atoms with Crippen molar-refractivity contribution < 1.29 is 14.6 Å². The van der Waals surface area contributed by atoms with Crippen molar-refractivity contribution in [3.05, 3.63) is 52.6 Å². The predicted octanol–water partition coefficient (Wildman–Crippen LogP) is 3.68. The highest BCUT2D eigenvalue weighted by molar-refractivity contribution is 5.93. The Hall–Kier alpha value is -2.49. The Labute approximate surface area is 117 Å². The van der Waals surface area contributed by atoms with E-state index >= 15 is 0 Å². The van der Waals surface area contributed by atoms with Crippen molar-refractivity contribution in [3.63, 3.8) is 0 Å². The number of benzene rings is 2. The fourth-order valence-electron chi connectivity index (χ4n) is 2.00. The van der Waals surface area contributed by atoms with Crippen LogP contribution in [0.3, 0.4) is 0 Å². The van der Waals surface area contributed by atoms with Crippen LogP contribution in [-0.4, -0.2) is 11.1 Å². The molecule has 0 spiro atoms. The fourth-order valence-corrected chi connectivity index (χ4v) is 2.00. The van der Waals surface area contributed by atoms with E-state index in [1.807, 2.05) is 32.9 Å². The molecule has 0 aliphatic carbocycles. The van der Waals surface area contributed by atoms with Crippen LogP contribution in [0.4, 0.5) is 5.69 Å². The second-order valence-corrected chi connectivity index (χ2v) is 4.81. The molecule has 0 aliphatic heterocycles. The van der Waals surface area contributed by atoms with Gasteiger partial charge in [-0.05, 0) is 49.6 Å². The Morgan fingerprint density at radius 1 is 1.10 bits per heavy atom. The van der Waals surface area contributed by atoms with E-state index in [0.717, 1.165) is 22.4 Å². The summed E-state index contributed by atoms with van der Waals surface area (Å²) in [5.74, 6) is 0.272. The Balaban J connectivity index is 2.39. The van der Waals surface area contributed by atoms with Crippen LogP contribution in [0.2, 0.25) is 0 Å². The van der Waals surface area contributed by atoms with Crippen molar-refractivity contribution >= 4 is 11.7 Å². The number of nitrogens with two attached hydrogens (primary N) is 1. The zero-order chi connectivity index (χ0) is 14.9. The summed E-state index contributed by atoms with van der Waals surface area (Å²) in [7, 11) is 0. The quantitative estimate of drug-likeness (QED) is 0.835. The molecule has 104 valence electrons. The second-order valence-electron chi connectivity index (χ2n) is 4.81. The molecule has 0 atom stereocenters. The molecule has 0 aromatic heterocycles. The van der Waals surface area contributed by atoms with Crippen molar-refractivity contribution in [2.45, 2.75) is 20.8 Å². The lowest BCUT2D eigenvalue weighted by Gasteiger charge is -2.14. The van der Waals surface area contributed by atoms with Crippen LogP contribution in [0.25, 0.3) is 0 Å². The van der Waals surface area contributed by atoms with E-state index in [2.05, 4.69) is 0 Å². The first-order valence-electron chi connectivity index (χ1n) is 6.27. The highest BCUT2D eigenvalue weighted by atomic mass is 16.5. The van der Waals surface area contributed by atoms with E-state index in [-0.39, 0.29) is 11.3 Å². The van der Waals surface area contributed by atoms with Crippen LogP contribution >= 0.6 is 0 Å². The normalized spacial score (nSPS) is 10.3. The Morgan fingerprint density at radius 2 is 1.75 bits per heavy atom. The van der Waals surface area contributed by atoms with Gasteiger partial charge in [0.15, 0.2) is 0 Å². The second kappa shape index (κ2) is 5.25. The maximum atomic E-state index is 10.9. The minimum Gasteiger partial charge on any atom is -0.478 e. The van der Waals surface area contributed by atoms with E-state index in [1.54, 1.807) is 6.07 Å². The van der Waals surface area contributed by atoms with E-state index in [9.17, 15) is 4.79 Å². The lowest BCUT2D eigenvalue weighted by atomic mass is 10.1. The number of carboxylic acids is 1.